The molecule has 0 aliphatic carbocycles. The highest BCUT2D eigenvalue weighted by atomic mass is 35.5. The highest BCUT2D eigenvalue weighted by Crippen LogP contribution is 2.37. The second-order valence-corrected chi connectivity index (χ2v) is 8.98. The van der Waals surface area contributed by atoms with E-state index in [2.05, 4.69) is 47.1 Å². The summed E-state index contributed by atoms with van der Waals surface area (Å²) >= 11 is 6.64. The zero-order valence-corrected chi connectivity index (χ0v) is 21.0. The molecule has 1 atom stereocenters. The molecule has 2 aromatic carbocycles. The van der Waals surface area contributed by atoms with Gasteiger partial charge in [0.25, 0.3) is 0 Å². The van der Waals surface area contributed by atoms with Gasteiger partial charge in [-0.25, -0.2) is 14.4 Å². The average molecular weight is 556 g/mol. The second-order valence-electron chi connectivity index (χ2n) is 8.57. The summed E-state index contributed by atoms with van der Waals surface area (Å²) in [7, 11) is 0. The minimum atomic E-state index is -1.23. The lowest BCUT2D eigenvalue weighted by molar-refractivity contribution is 0.480. The van der Waals surface area contributed by atoms with Crippen molar-refractivity contribution < 1.29 is 13.2 Å². The molecular formula is C27H16ClF2N9O. The number of nitriles is 1. The van der Waals surface area contributed by atoms with Crippen molar-refractivity contribution in [3.05, 3.63) is 107 Å². The van der Waals surface area contributed by atoms with Crippen LogP contribution in [0.15, 0.2) is 77.9 Å². The van der Waals surface area contributed by atoms with Gasteiger partial charge in [-0.2, -0.15) is 25.1 Å². The number of nitrogens with zero attached hydrogens (tertiary/aromatic N) is 6. The Bertz CT molecular complexity index is 1870. The minimum Gasteiger partial charge on any atom is -0.445 e. The number of nitrogens with one attached hydrogen (secondary N) is 3. The Labute approximate surface area is 229 Å². The molecule has 4 aromatic heterocycles. The number of anilines is 3. The number of benzene rings is 2. The first-order valence-electron chi connectivity index (χ1n) is 11.7. The Morgan fingerprint density at radius 1 is 1.02 bits per heavy atom. The first-order valence-corrected chi connectivity index (χ1v) is 12.1. The van der Waals surface area contributed by atoms with Gasteiger partial charge < -0.3 is 15.1 Å². The van der Waals surface area contributed by atoms with Crippen LogP contribution in [-0.2, 0) is 0 Å². The van der Waals surface area contributed by atoms with Gasteiger partial charge in [0.2, 0.25) is 11.8 Å². The molecule has 3 N–H and O–H groups in total. The number of aromatic nitrogens is 6. The fourth-order valence-electron chi connectivity index (χ4n) is 4.26. The zero-order valence-electron chi connectivity index (χ0n) is 20.2. The molecule has 0 aliphatic heterocycles. The summed E-state index contributed by atoms with van der Waals surface area (Å²) in [6.45, 7) is 0. The van der Waals surface area contributed by atoms with Gasteiger partial charge in [0.05, 0.1) is 52.1 Å². The van der Waals surface area contributed by atoms with Crippen LogP contribution < -0.4 is 10.6 Å². The lowest BCUT2D eigenvalue weighted by Gasteiger charge is -2.20. The molecule has 0 fully saturated rings. The van der Waals surface area contributed by atoms with E-state index in [0.717, 1.165) is 23.4 Å². The van der Waals surface area contributed by atoms with Crippen LogP contribution in [-0.4, -0.2) is 30.4 Å². The van der Waals surface area contributed by atoms with Crippen molar-refractivity contribution in [3.63, 3.8) is 0 Å². The van der Waals surface area contributed by atoms with Gasteiger partial charge in [-0.15, -0.1) is 0 Å². The highest BCUT2D eigenvalue weighted by Gasteiger charge is 2.20. The molecule has 4 heterocycles. The quantitative estimate of drug-likeness (QED) is 0.198. The zero-order chi connectivity index (χ0) is 27.6. The van der Waals surface area contributed by atoms with Crippen molar-refractivity contribution >= 4 is 39.6 Å². The van der Waals surface area contributed by atoms with E-state index in [1.165, 1.54) is 12.5 Å². The third-order valence-corrected chi connectivity index (χ3v) is 6.34. The molecule has 196 valence electrons. The van der Waals surface area contributed by atoms with Gasteiger partial charge in [-0.1, -0.05) is 23.7 Å². The van der Waals surface area contributed by atoms with Gasteiger partial charge >= 0.3 is 0 Å². The van der Waals surface area contributed by atoms with E-state index in [1.807, 2.05) is 24.3 Å². The van der Waals surface area contributed by atoms with Gasteiger partial charge in [0.15, 0.2) is 5.82 Å². The Kier molecular flexibility index (Phi) is 6.47. The van der Waals surface area contributed by atoms with Crippen LogP contribution >= 0.6 is 11.6 Å². The maximum atomic E-state index is 13.9. The Morgan fingerprint density at radius 3 is 2.67 bits per heavy atom. The number of oxazole rings is 1. The van der Waals surface area contributed by atoms with Crippen molar-refractivity contribution in [3.8, 4) is 17.5 Å². The third kappa shape index (κ3) is 4.77. The van der Waals surface area contributed by atoms with Gasteiger partial charge in [-0.3, -0.25) is 4.98 Å². The summed E-state index contributed by atoms with van der Waals surface area (Å²) in [4.78, 5) is 12.0. The van der Waals surface area contributed by atoms with Crippen molar-refractivity contribution in [2.75, 3.05) is 10.6 Å². The number of pyridine rings is 2. The van der Waals surface area contributed by atoms with E-state index in [4.69, 9.17) is 16.0 Å². The van der Waals surface area contributed by atoms with Crippen LogP contribution in [0.25, 0.3) is 22.4 Å². The van der Waals surface area contributed by atoms with Crippen molar-refractivity contribution in [2.24, 2.45) is 0 Å². The molecule has 10 nitrogen and oxygen atoms in total. The number of H-pyrrole nitrogens is 1. The van der Waals surface area contributed by atoms with E-state index in [0.29, 0.717) is 38.9 Å². The predicted octanol–water partition coefficient (Wildman–Crippen LogP) is 6.15. The monoisotopic (exact) mass is 555 g/mol. The first kappa shape index (κ1) is 24.9. The van der Waals surface area contributed by atoms with Crippen LogP contribution in [0.3, 0.4) is 0 Å². The van der Waals surface area contributed by atoms with Crippen LogP contribution in [0, 0.1) is 23.1 Å². The van der Waals surface area contributed by atoms with E-state index in [-0.39, 0.29) is 11.3 Å². The van der Waals surface area contributed by atoms with Gasteiger partial charge in [-0.05, 0) is 29.8 Å². The Balaban J connectivity index is 1.44. The van der Waals surface area contributed by atoms with E-state index < -0.39 is 17.8 Å². The molecule has 0 amide bonds. The van der Waals surface area contributed by atoms with E-state index >= 15 is 0 Å². The number of fused-ring (bicyclic) bond motifs is 1. The van der Waals surface area contributed by atoms with Crippen LogP contribution in [0.5, 0.6) is 0 Å². The standard InChI is InChI=1S/C27H16ClF2N9O/c28-20-8-17(7-19-23(16(10-31)11-33-25(19)20)37-18-9-21(29)26(30)34-12-18)36-24(22-13-35-39-38-22)14-2-1-3-15(6-14)27-32-4-5-40-27/h1-9,11-13,24,36H,(H,33,37)(H,35,38,39)/t24-/m0/s1. The molecule has 40 heavy (non-hydrogen) atoms. The average Bonchev–Trinajstić information content (AvgIpc) is 3.69. The maximum Gasteiger partial charge on any atom is 0.249 e. The first-order chi connectivity index (χ1) is 19.5. The maximum absolute atomic E-state index is 13.9. The molecule has 0 aliphatic rings. The molecule has 0 saturated carbocycles. The minimum absolute atomic E-state index is 0.140. The molecule has 0 unspecified atom stereocenters. The molecule has 13 heteroatoms. The fourth-order valence-corrected chi connectivity index (χ4v) is 4.53. The molecule has 0 spiro atoms. The molecule has 0 saturated heterocycles. The second kappa shape index (κ2) is 10.4. The predicted molar refractivity (Wildman–Crippen MR) is 143 cm³/mol. The lowest BCUT2D eigenvalue weighted by atomic mass is 10.0. The molecule has 6 aromatic rings. The smallest absolute Gasteiger partial charge is 0.249 e. The number of aromatic amines is 1. The normalized spacial score (nSPS) is 11.8. The van der Waals surface area contributed by atoms with Gasteiger partial charge in [0, 0.05) is 28.9 Å². The summed E-state index contributed by atoms with van der Waals surface area (Å²) in [5.41, 5.74) is 3.76. The Morgan fingerprint density at radius 2 is 1.93 bits per heavy atom. The van der Waals surface area contributed by atoms with Crippen molar-refractivity contribution in [1.29, 1.82) is 5.26 Å². The number of hydrogen-bond donors (Lipinski definition) is 3. The van der Waals surface area contributed by atoms with Gasteiger partial charge in [0.1, 0.15) is 18.0 Å². The lowest BCUT2D eigenvalue weighted by Crippen LogP contribution is -2.13. The molecule has 0 bridgehead atoms. The van der Waals surface area contributed by atoms with Crippen molar-refractivity contribution in [1.82, 2.24) is 30.4 Å². The van der Waals surface area contributed by atoms with Crippen LogP contribution in [0.2, 0.25) is 5.02 Å². The molecule has 0 radical (unpaired) electrons. The summed E-state index contributed by atoms with van der Waals surface area (Å²) < 4.78 is 32.7. The van der Waals surface area contributed by atoms with E-state index in [9.17, 15) is 14.0 Å². The molecule has 6 rings (SSSR count). The highest BCUT2D eigenvalue weighted by molar-refractivity contribution is 6.36. The summed E-state index contributed by atoms with van der Waals surface area (Å²) in [5, 5.41) is 27.8. The topological polar surface area (TPSA) is 141 Å². The largest absolute Gasteiger partial charge is 0.445 e. The Hall–Kier alpha value is -5.41. The summed E-state index contributed by atoms with van der Waals surface area (Å²) in [5.74, 6) is -1.90. The SMILES string of the molecule is N#Cc1cnc2c(Cl)cc(N[C@@H](c3cccc(-c4ncco4)c3)c3cn[nH]n3)cc2c1Nc1cnc(F)c(F)c1. The van der Waals surface area contributed by atoms with Crippen LogP contribution in [0.1, 0.15) is 22.9 Å². The number of halogens is 3. The number of rotatable bonds is 7. The van der Waals surface area contributed by atoms with Crippen molar-refractivity contribution in [2.45, 2.75) is 6.04 Å². The third-order valence-electron chi connectivity index (χ3n) is 6.05. The summed E-state index contributed by atoms with van der Waals surface area (Å²) in [6.07, 6.45) is 7.13. The summed E-state index contributed by atoms with van der Waals surface area (Å²) in [6, 6.07) is 13.5. The molecular weight excluding hydrogens is 540 g/mol. The number of hydrogen-bond acceptors (Lipinski definition) is 9. The van der Waals surface area contributed by atoms with E-state index in [1.54, 1.807) is 24.5 Å². The fraction of sp³-hybridized carbons (Fsp3) is 0.0370. The van der Waals surface area contributed by atoms with Crippen LogP contribution in [0.4, 0.5) is 25.8 Å².